The van der Waals surface area contributed by atoms with Crippen LogP contribution in [-0.2, 0) is 0 Å². The van der Waals surface area contributed by atoms with Crippen molar-refractivity contribution in [2.45, 2.75) is 0 Å². The van der Waals surface area contributed by atoms with Crippen molar-refractivity contribution in [1.29, 1.82) is 0 Å². The number of benzene rings is 2. The molecule has 28 heavy (non-hydrogen) atoms. The maximum atomic E-state index is 11.1. The molecule has 0 aliphatic carbocycles. The van der Waals surface area contributed by atoms with E-state index in [2.05, 4.69) is 10.5 Å². The Hall–Kier alpha value is -3.43. The Bertz CT molecular complexity index is 1100. The maximum absolute atomic E-state index is 11.1. The number of nitro benzene ring substituents is 2. The van der Waals surface area contributed by atoms with Gasteiger partial charge >= 0.3 is 5.69 Å². The highest BCUT2D eigenvalue weighted by molar-refractivity contribution is 6.35. The van der Waals surface area contributed by atoms with Crippen LogP contribution in [0.4, 0.5) is 17.1 Å². The number of nitro groups is 2. The highest BCUT2D eigenvalue weighted by Gasteiger charge is 2.19. The maximum Gasteiger partial charge on any atom is 0.301 e. The first-order chi connectivity index (χ1) is 13.3. The fourth-order valence-corrected chi connectivity index (χ4v) is 2.68. The van der Waals surface area contributed by atoms with Crippen molar-refractivity contribution in [2.75, 3.05) is 5.43 Å². The van der Waals surface area contributed by atoms with Gasteiger partial charge in [-0.25, -0.2) is 0 Å². The largest absolute Gasteiger partial charge is 0.455 e. The van der Waals surface area contributed by atoms with Crippen LogP contribution in [0.2, 0.25) is 10.0 Å². The van der Waals surface area contributed by atoms with Crippen molar-refractivity contribution in [2.24, 2.45) is 5.10 Å². The SMILES string of the molecule is O=[N+]([O-])c1ccc(N/N=C/c2ccc(-c3cc(Cl)ccc3Cl)o2)c([N+](=O)[O-])c1. The number of nitrogens with one attached hydrogen (secondary N) is 1. The fraction of sp³-hybridized carbons (Fsp3) is 0. The number of anilines is 1. The third kappa shape index (κ3) is 4.27. The van der Waals surface area contributed by atoms with E-state index in [0.717, 1.165) is 12.1 Å². The van der Waals surface area contributed by atoms with E-state index in [9.17, 15) is 20.2 Å². The van der Waals surface area contributed by atoms with Gasteiger partial charge in [-0.2, -0.15) is 5.10 Å². The lowest BCUT2D eigenvalue weighted by Gasteiger charge is -2.02. The molecule has 0 amide bonds. The second-order valence-corrected chi connectivity index (χ2v) is 6.26. The van der Waals surface area contributed by atoms with Crippen LogP contribution < -0.4 is 5.43 Å². The monoisotopic (exact) mass is 420 g/mol. The zero-order chi connectivity index (χ0) is 20.3. The van der Waals surface area contributed by atoms with Crippen LogP contribution in [-0.4, -0.2) is 16.1 Å². The molecular formula is C17H10Cl2N4O5. The van der Waals surface area contributed by atoms with Gasteiger partial charge < -0.3 is 4.42 Å². The zero-order valence-electron chi connectivity index (χ0n) is 13.8. The van der Waals surface area contributed by atoms with E-state index in [1.54, 1.807) is 30.3 Å². The van der Waals surface area contributed by atoms with Gasteiger partial charge in [0.25, 0.3) is 5.69 Å². The Kier molecular flexibility index (Phi) is 5.57. The first kappa shape index (κ1) is 19.3. The molecule has 0 bridgehead atoms. The molecule has 1 aromatic heterocycles. The van der Waals surface area contributed by atoms with Gasteiger partial charge in [-0.05, 0) is 36.4 Å². The Labute approximate surface area is 167 Å². The minimum atomic E-state index is -0.739. The first-order valence-electron chi connectivity index (χ1n) is 7.62. The van der Waals surface area contributed by atoms with Crippen LogP contribution in [0.3, 0.4) is 0 Å². The molecule has 0 aliphatic heterocycles. The Morgan fingerprint density at radius 1 is 1.00 bits per heavy atom. The summed E-state index contributed by atoms with van der Waals surface area (Å²) in [6.45, 7) is 0. The van der Waals surface area contributed by atoms with Crippen molar-refractivity contribution < 1.29 is 14.3 Å². The topological polar surface area (TPSA) is 124 Å². The molecule has 11 heteroatoms. The molecule has 1 heterocycles. The molecule has 0 fully saturated rings. The van der Waals surface area contributed by atoms with E-state index in [4.69, 9.17) is 27.6 Å². The van der Waals surface area contributed by atoms with Crippen molar-refractivity contribution in [3.05, 3.63) is 84.6 Å². The second kappa shape index (κ2) is 8.07. The summed E-state index contributed by atoms with van der Waals surface area (Å²) in [4.78, 5) is 20.4. The van der Waals surface area contributed by atoms with Crippen LogP contribution >= 0.6 is 23.2 Å². The van der Waals surface area contributed by atoms with Gasteiger partial charge in [0.05, 0.1) is 27.2 Å². The molecule has 0 atom stereocenters. The molecule has 0 aliphatic rings. The van der Waals surface area contributed by atoms with E-state index in [1.165, 1.54) is 12.3 Å². The molecule has 0 saturated heterocycles. The van der Waals surface area contributed by atoms with Crippen LogP contribution in [0.5, 0.6) is 0 Å². The second-order valence-electron chi connectivity index (χ2n) is 5.41. The lowest BCUT2D eigenvalue weighted by molar-refractivity contribution is -0.393. The standard InChI is InChI=1S/C17H10Cl2N4O5/c18-10-1-4-14(19)13(7-10)17-6-3-12(28-17)9-20-21-15-5-2-11(22(24)25)8-16(15)23(26)27/h1-9,21H/b20-9+. The summed E-state index contributed by atoms with van der Waals surface area (Å²) in [5, 5.41) is 26.7. The van der Waals surface area contributed by atoms with Gasteiger partial charge in [0.2, 0.25) is 0 Å². The lowest BCUT2D eigenvalue weighted by Crippen LogP contribution is -1.98. The summed E-state index contributed by atoms with van der Waals surface area (Å²) >= 11 is 12.1. The molecule has 0 spiro atoms. The van der Waals surface area contributed by atoms with Crippen molar-refractivity contribution in [3.8, 4) is 11.3 Å². The van der Waals surface area contributed by atoms with Crippen LogP contribution in [0, 0.1) is 20.2 Å². The predicted octanol–water partition coefficient (Wildman–Crippen LogP) is 5.52. The minimum absolute atomic E-state index is 0.00323. The Balaban J connectivity index is 1.79. The molecule has 0 radical (unpaired) electrons. The number of nitrogens with zero attached hydrogens (tertiary/aromatic N) is 3. The van der Waals surface area contributed by atoms with Gasteiger partial charge in [-0.1, -0.05) is 23.2 Å². The van der Waals surface area contributed by atoms with Gasteiger partial charge in [0.15, 0.2) is 0 Å². The first-order valence-corrected chi connectivity index (χ1v) is 8.38. The van der Waals surface area contributed by atoms with Crippen LogP contribution in [0.15, 0.2) is 58.0 Å². The van der Waals surface area contributed by atoms with E-state index >= 15 is 0 Å². The minimum Gasteiger partial charge on any atom is -0.455 e. The van der Waals surface area contributed by atoms with E-state index < -0.39 is 21.2 Å². The number of halogens is 2. The number of hydrogen-bond acceptors (Lipinski definition) is 7. The summed E-state index contributed by atoms with van der Waals surface area (Å²) in [7, 11) is 0. The summed E-state index contributed by atoms with van der Waals surface area (Å²) in [6, 6.07) is 11.4. The van der Waals surface area contributed by atoms with Gasteiger partial charge in [0.1, 0.15) is 17.2 Å². The van der Waals surface area contributed by atoms with Gasteiger partial charge in [-0.15, -0.1) is 0 Å². The number of rotatable bonds is 6. The third-order valence-corrected chi connectivity index (χ3v) is 4.15. The number of hydrogen-bond donors (Lipinski definition) is 1. The smallest absolute Gasteiger partial charge is 0.301 e. The quantitative estimate of drug-likeness (QED) is 0.318. The Morgan fingerprint density at radius 2 is 1.79 bits per heavy atom. The number of hydrazone groups is 1. The summed E-state index contributed by atoms with van der Waals surface area (Å²) in [6.07, 6.45) is 1.30. The number of furan rings is 1. The van der Waals surface area contributed by atoms with Gasteiger partial charge in [-0.3, -0.25) is 25.7 Å². The average Bonchev–Trinajstić information content (AvgIpc) is 3.12. The summed E-state index contributed by atoms with van der Waals surface area (Å²) in [5.41, 5.74) is 2.21. The molecule has 3 aromatic rings. The highest BCUT2D eigenvalue weighted by Crippen LogP contribution is 2.32. The molecule has 3 rings (SSSR count). The van der Waals surface area contributed by atoms with E-state index in [0.29, 0.717) is 27.1 Å². The predicted molar refractivity (Wildman–Crippen MR) is 105 cm³/mol. The molecular weight excluding hydrogens is 411 g/mol. The summed E-state index contributed by atoms with van der Waals surface area (Å²) in [5.74, 6) is 0.818. The van der Waals surface area contributed by atoms with Crippen molar-refractivity contribution >= 4 is 46.5 Å². The summed E-state index contributed by atoms with van der Waals surface area (Å²) < 4.78 is 5.62. The highest BCUT2D eigenvalue weighted by atomic mass is 35.5. The molecule has 142 valence electrons. The third-order valence-electron chi connectivity index (χ3n) is 3.59. The fourth-order valence-electron chi connectivity index (χ4n) is 2.30. The lowest BCUT2D eigenvalue weighted by atomic mass is 10.2. The van der Waals surface area contributed by atoms with Crippen LogP contribution in [0.25, 0.3) is 11.3 Å². The molecule has 0 saturated carbocycles. The average molecular weight is 421 g/mol. The molecule has 2 aromatic carbocycles. The molecule has 0 unspecified atom stereocenters. The van der Waals surface area contributed by atoms with E-state index in [-0.39, 0.29) is 5.69 Å². The normalized spacial score (nSPS) is 10.9. The Morgan fingerprint density at radius 3 is 2.50 bits per heavy atom. The molecule has 1 N–H and O–H groups in total. The zero-order valence-corrected chi connectivity index (χ0v) is 15.3. The van der Waals surface area contributed by atoms with Crippen LogP contribution in [0.1, 0.15) is 5.76 Å². The number of non-ortho nitro benzene ring substituents is 1. The van der Waals surface area contributed by atoms with Gasteiger partial charge in [0, 0.05) is 16.7 Å². The van der Waals surface area contributed by atoms with Crippen molar-refractivity contribution in [1.82, 2.24) is 0 Å². The van der Waals surface area contributed by atoms with Crippen molar-refractivity contribution in [3.63, 3.8) is 0 Å². The van der Waals surface area contributed by atoms with E-state index in [1.807, 2.05) is 0 Å². The molecule has 9 nitrogen and oxygen atoms in total.